The van der Waals surface area contributed by atoms with E-state index in [1.54, 1.807) is 6.92 Å². The molecule has 0 radical (unpaired) electrons. The zero-order valence-electron chi connectivity index (χ0n) is 7.53. The fourth-order valence-corrected chi connectivity index (χ4v) is 0.809. The lowest BCUT2D eigenvalue weighted by Gasteiger charge is -2.15. The summed E-state index contributed by atoms with van der Waals surface area (Å²) in [6.45, 7) is 3.55. The van der Waals surface area contributed by atoms with Gasteiger partial charge >= 0.3 is 0 Å². The first kappa shape index (κ1) is 10.2. The molecule has 4 nitrogen and oxygen atoms in total. The van der Waals surface area contributed by atoms with Crippen LogP contribution in [0, 0.1) is 0 Å². The zero-order valence-corrected chi connectivity index (χ0v) is 8.28. The molecular weight excluding hydrogens is 190 g/mol. The van der Waals surface area contributed by atoms with Crippen LogP contribution in [0.5, 0.6) is 0 Å². The third-order valence-electron chi connectivity index (χ3n) is 1.70. The normalized spacial score (nSPS) is 15.1. The average molecular weight is 202 g/mol. The summed E-state index contributed by atoms with van der Waals surface area (Å²) >= 11 is 5.61. The van der Waals surface area contributed by atoms with Gasteiger partial charge in [0.1, 0.15) is 0 Å². The van der Waals surface area contributed by atoms with Crippen molar-refractivity contribution in [2.24, 2.45) is 0 Å². The standard InChI is InChI=1S/C8H12ClN3O/c1-5(6(2)13)12-8-10-3-7(9)4-11-8/h3-6,13H,1-2H3,(H,10,11,12). The van der Waals surface area contributed by atoms with Crippen LogP contribution >= 0.6 is 11.6 Å². The molecule has 0 aliphatic heterocycles. The minimum atomic E-state index is -0.445. The number of aliphatic hydroxyl groups is 1. The van der Waals surface area contributed by atoms with E-state index in [2.05, 4.69) is 15.3 Å². The SMILES string of the molecule is CC(O)C(C)Nc1ncc(Cl)cn1. The lowest BCUT2D eigenvalue weighted by molar-refractivity contribution is 0.177. The molecule has 13 heavy (non-hydrogen) atoms. The van der Waals surface area contributed by atoms with Crippen LogP contribution in [0.2, 0.25) is 5.02 Å². The van der Waals surface area contributed by atoms with E-state index >= 15 is 0 Å². The van der Waals surface area contributed by atoms with Crippen LogP contribution < -0.4 is 5.32 Å². The van der Waals surface area contributed by atoms with Crippen LogP contribution in [0.3, 0.4) is 0 Å². The maximum Gasteiger partial charge on any atom is 0.222 e. The number of hydrogen-bond donors (Lipinski definition) is 2. The summed E-state index contributed by atoms with van der Waals surface area (Å²) in [4.78, 5) is 7.87. The molecular formula is C8H12ClN3O. The Bertz CT molecular complexity index is 263. The number of nitrogens with one attached hydrogen (secondary N) is 1. The summed E-state index contributed by atoms with van der Waals surface area (Å²) in [7, 11) is 0. The van der Waals surface area contributed by atoms with Crippen molar-refractivity contribution < 1.29 is 5.11 Å². The second-order valence-corrected chi connectivity index (χ2v) is 3.33. The Morgan fingerprint density at radius 3 is 2.38 bits per heavy atom. The minimum Gasteiger partial charge on any atom is -0.391 e. The topological polar surface area (TPSA) is 58.0 Å². The summed E-state index contributed by atoms with van der Waals surface area (Å²) in [6, 6.07) is -0.0822. The van der Waals surface area contributed by atoms with Gasteiger partial charge in [-0.25, -0.2) is 9.97 Å². The number of rotatable bonds is 3. The first-order valence-corrected chi connectivity index (χ1v) is 4.39. The summed E-state index contributed by atoms with van der Waals surface area (Å²) < 4.78 is 0. The van der Waals surface area contributed by atoms with Gasteiger partial charge in [0.15, 0.2) is 0 Å². The van der Waals surface area contributed by atoms with Crippen LogP contribution in [0.25, 0.3) is 0 Å². The molecule has 0 aliphatic carbocycles. The highest BCUT2D eigenvalue weighted by molar-refractivity contribution is 6.30. The minimum absolute atomic E-state index is 0.0822. The molecule has 0 aromatic carbocycles. The molecule has 72 valence electrons. The molecule has 0 aliphatic rings. The molecule has 2 unspecified atom stereocenters. The van der Waals surface area contributed by atoms with E-state index in [0.717, 1.165) is 0 Å². The molecule has 1 heterocycles. The van der Waals surface area contributed by atoms with Gasteiger partial charge in [-0.3, -0.25) is 0 Å². The van der Waals surface area contributed by atoms with Gasteiger partial charge in [-0.1, -0.05) is 11.6 Å². The number of hydrogen-bond acceptors (Lipinski definition) is 4. The largest absolute Gasteiger partial charge is 0.391 e. The van der Waals surface area contributed by atoms with Gasteiger partial charge in [-0.15, -0.1) is 0 Å². The van der Waals surface area contributed by atoms with E-state index < -0.39 is 6.10 Å². The summed E-state index contributed by atoms with van der Waals surface area (Å²) in [5, 5.41) is 12.6. The van der Waals surface area contributed by atoms with Crippen LogP contribution in [-0.2, 0) is 0 Å². The highest BCUT2D eigenvalue weighted by Crippen LogP contribution is 2.07. The molecule has 2 atom stereocenters. The third kappa shape index (κ3) is 3.16. The average Bonchev–Trinajstić information content (AvgIpc) is 2.08. The van der Waals surface area contributed by atoms with E-state index in [4.69, 9.17) is 11.6 Å². The van der Waals surface area contributed by atoms with Gasteiger partial charge in [0.25, 0.3) is 0 Å². The van der Waals surface area contributed by atoms with Gasteiger partial charge < -0.3 is 10.4 Å². The molecule has 0 amide bonds. The Morgan fingerprint density at radius 1 is 1.38 bits per heavy atom. The van der Waals surface area contributed by atoms with Crippen molar-refractivity contribution in [1.82, 2.24) is 9.97 Å². The number of aliphatic hydroxyl groups excluding tert-OH is 1. The quantitative estimate of drug-likeness (QED) is 0.775. The molecule has 1 rings (SSSR count). The molecule has 0 bridgehead atoms. The lowest BCUT2D eigenvalue weighted by atomic mass is 10.2. The predicted molar refractivity (Wildman–Crippen MR) is 51.8 cm³/mol. The van der Waals surface area contributed by atoms with Crippen molar-refractivity contribution in [3.05, 3.63) is 17.4 Å². The molecule has 0 spiro atoms. The van der Waals surface area contributed by atoms with E-state index in [1.165, 1.54) is 12.4 Å². The van der Waals surface area contributed by atoms with Crippen molar-refractivity contribution in [3.8, 4) is 0 Å². The van der Waals surface area contributed by atoms with Crippen molar-refractivity contribution in [2.45, 2.75) is 26.0 Å². The van der Waals surface area contributed by atoms with Gasteiger partial charge in [0, 0.05) is 0 Å². The highest BCUT2D eigenvalue weighted by Gasteiger charge is 2.08. The maximum absolute atomic E-state index is 9.19. The molecule has 5 heteroatoms. The van der Waals surface area contributed by atoms with Crippen molar-refractivity contribution in [3.63, 3.8) is 0 Å². The van der Waals surface area contributed by atoms with Crippen molar-refractivity contribution in [1.29, 1.82) is 0 Å². The van der Waals surface area contributed by atoms with E-state index in [0.29, 0.717) is 11.0 Å². The summed E-state index contributed by atoms with van der Waals surface area (Å²) in [5.41, 5.74) is 0. The Kier molecular flexibility index (Phi) is 3.45. The fourth-order valence-electron chi connectivity index (χ4n) is 0.711. The first-order valence-electron chi connectivity index (χ1n) is 4.01. The van der Waals surface area contributed by atoms with Gasteiger partial charge in [-0.05, 0) is 13.8 Å². The summed E-state index contributed by atoms with van der Waals surface area (Å²) in [6.07, 6.45) is 2.57. The highest BCUT2D eigenvalue weighted by atomic mass is 35.5. The zero-order chi connectivity index (χ0) is 9.84. The first-order chi connectivity index (χ1) is 6.09. The fraction of sp³-hybridized carbons (Fsp3) is 0.500. The van der Waals surface area contributed by atoms with Crippen LogP contribution in [0.4, 0.5) is 5.95 Å². The Morgan fingerprint density at radius 2 is 1.92 bits per heavy atom. The van der Waals surface area contributed by atoms with Crippen molar-refractivity contribution >= 4 is 17.5 Å². The predicted octanol–water partition coefficient (Wildman–Crippen LogP) is 1.31. The number of anilines is 1. The second-order valence-electron chi connectivity index (χ2n) is 2.90. The Balaban J connectivity index is 2.59. The monoisotopic (exact) mass is 201 g/mol. The lowest BCUT2D eigenvalue weighted by Crippen LogP contribution is -2.28. The molecule has 0 saturated carbocycles. The molecule has 1 aromatic heterocycles. The van der Waals surface area contributed by atoms with Gasteiger partial charge in [0.05, 0.1) is 29.6 Å². The van der Waals surface area contributed by atoms with Crippen molar-refractivity contribution in [2.75, 3.05) is 5.32 Å². The second kappa shape index (κ2) is 4.39. The molecule has 0 saturated heterocycles. The number of halogens is 1. The van der Waals surface area contributed by atoms with Crippen LogP contribution in [-0.4, -0.2) is 27.2 Å². The smallest absolute Gasteiger partial charge is 0.222 e. The number of aromatic nitrogens is 2. The van der Waals surface area contributed by atoms with Gasteiger partial charge in [0.2, 0.25) is 5.95 Å². The molecule has 0 fully saturated rings. The maximum atomic E-state index is 9.19. The van der Waals surface area contributed by atoms with E-state index in [1.807, 2.05) is 6.92 Å². The van der Waals surface area contributed by atoms with Gasteiger partial charge in [-0.2, -0.15) is 0 Å². The Labute approximate surface area is 82.0 Å². The number of nitrogens with zero attached hydrogens (tertiary/aromatic N) is 2. The van der Waals surface area contributed by atoms with E-state index in [9.17, 15) is 5.11 Å². The summed E-state index contributed by atoms with van der Waals surface area (Å²) in [5.74, 6) is 0.470. The molecule has 2 N–H and O–H groups in total. The molecule has 1 aromatic rings. The third-order valence-corrected chi connectivity index (χ3v) is 1.90. The van der Waals surface area contributed by atoms with E-state index in [-0.39, 0.29) is 6.04 Å². The van der Waals surface area contributed by atoms with Crippen LogP contribution in [0.1, 0.15) is 13.8 Å². The van der Waals surface area contributed by atoms with Crippen LogP contribution in [0.15, 0.2) is 12.4 Å². The Hall–Kier alpha value is -0.870.